The average Bonchev–Trinajstić information content (AvgIpc) is 2.88. The molecule has 1 aliphatic rings. The molecule has 0 saturated carbocycles. The van der Waals surface area contributed by atoms with Crippen LogP contribution in [-0.2, 0) is 16.8 Å². The Kier molecular flexibility index (Phi) is 2.61. The summed E-state index contributed by atoms with van der Waals surface area (Å²) in [6.07, 6.45) is 0. The van der Waals surface area contributed by atoms with Gasteiger partial charge in [-0.05, 0) is 11.4 Å². The minimum absolute atomic E-state index is 0.469. The lowest BCUT2D eigenvalue weighted by Gasteiger charge is -2.15. The smallest absolute Gasteiger partial charge is 0.195 e. The summed E-state index contributed by atoms with van der Waals surface area (Å²) in [5.74, 6) is 0. The normalized spacial score (nSPS) is 17.6. The second kappa shape index (κ2) is 3.62. The van der Waals surface area contributed by atoms with Crippen LogP contribution < -0.4 is 0 Å². The third-order valence-electron chi connectivity index (χ3n) is 2.08. The van der Waals surface area contributed by atoms with Gasteiger partial charge < -0.3 is 0 Å². The second-order valence-electron chi connectivity index (χ2n) is 3.24. The maximum atomic E-state index is 11.7. The molecule has 0 spiro atoms. The van der Waals surface area contributed by atoms with E-state index in [0.29, 0.717) is 19.6 Å². The summed E-state index contributed by atoms with van der Waals surface area (Å²) >= 11 is 1.57. The van der Waals surface area contributed by atoms with Gasteiger partial charge in [0.2, 0.25) is 0 Å². The van der Waals surface area contributed by atoms with Gasteiger partial charge >= 0.3 is 0 Å². The number of hydrogen-bond acceptors (Lipinski definition) is 3. The largest absolute Gasteiger partial charge is 0.282 e. The molecule has 0 aromatic carbocycles. The molecule has 14 heavy (non-hydrogen) atoms. The van der Waals surface area contributed by atoms with Crippen LogP contribution in [0.15, 0.2) is 17.5 Å². The fourth-order valence-electron chi connectivity index (χ4n) is 1.17. The Hall–Kier alpha value is -0.430. The molecule has 0 bridgehead atoms. The summed E-state index contributed by atoms with van der Waals surface area (Å²) < 4.78 is 26.2. The van der Waals surface area contributed by atoms with Crippen LogP contribution in [0.5, 0.6) is 0 Å². The van der Waals surface area contributed by atoms with Crippen molar-refractivity contribution in [1.82, 2.24) is 8.61 Å². The summed E-state index contributed by atoms with van der Waals surface area (Å²) in [7, 11) is -1.55. The van der Waals surface area contributed by atoms with Gasteiger partial charge in [0.05, 0.1) is 0 Å². The SMILES string of the molecule is CN(Cc1cccs1)S(=O)(=O)N1CC1. The van der Waals surface area contributed by atoms with Crippen LogP contribution in [0.1, 0.15) is 4.88 Å². The highest BCUT2D eigenvalue weighted by Crippen LogP contribution is 2.19. The molecule has 0 amide bonds. The Morgan fingerprint density at radius 3 is 2.79 bits per heavy atom. The molecule has 0 N–H and O–H groups in total. The predicted molar refractivity (Wildman–Crippen MR) is 56.3 cm³/mol. The third-order valence-corrected chi connectivity index (χ3v) is 4.88. The van der Waals surface area contributed by atoms with Crippen molar-refractivity contribution in [2.45, 2.75) is 6.54 Å². The predicted octanol–water partition coefficient (Wildman–Crippen LogP) is 0.740. The van der Waals surface area contributed by atoms with Gasteiger partial charge in [0.15, 0.2) is 0 Å². The van der Waals surface area contributed by atoms with E-state index in [2.05, 4.69) is 0 Å². The first-order valence-corrected chi connectivity index (χ1v) is 6.62. The van der Waals surface area contributed by atoms with Crippen LogP contribution >= 0.6 is 11.3 Å². The molecular formula is C8H12N2O2S2. The lowest BCUT2D eigenvalue weighted by atomic mass is 10.5. The van der Waals surface area contributed by atoms with E-state index in [1.54, 1.807) is 18.4 Å². The van der Waals surface area contributed by atoms with Gasteiger partial charge in [-0.2, -0.15) is 17.0 Å². The molecule has 2 rings (SSSR count). The molecule has 0 radical (unpaired) electrons. The van der Waals surface area contributed by atoms with Crippen molar-refractivity contribution in [1.29, 1.82) is 0 Å². The van der Waals surface area contributed by atoms with Gasteiger partial charge in [-0.1, -0.05) is 6.07 Å². The number of nitrogens with zero attached hydrogens (tertiary/aromatic N) is 2. The fourth-order valence-corrected chi connectivity index (χ4v) is 3.25. The molecule has 0 aliphatic carbocycles. The van der Waals surface area contributed by atoms with Crippen molar-refractivity contribution < 1.29 is 8.42 Å². The van der Waals surface area contributed by atoms with Crippen molar-refractivity contribution in [3.63, 3.8) is 0 Å². The molecule has 1 aromatic rings. The van der Waals surface area contributed by atoms with Crippen LogP contribution in [0.4, 0.5) is 0 Å². The van der Waals surface area contributed by atoms with Crippen LogP contribution in [0.3, 0.4) is 0 Å². The summed E-state index contributed by atoms with van der Waals surface area (Å²) in [6, 6.07) is 3.87. The minimum Gasteiger partial charge on any atom is -0.195 e. The highest BCUT2D eigenvalue weighted by molar-refractivity contribution is 7.86. The quantitative estimate of drug-likeness (QED) is 0.718. The van der Waals surface area contributed by atoms with E-state index >= 15 is 0 Å². The number of rotatable bonds is 4. The standard InChI is InChI=1S/C8H12N2O2S2/c1-9(7-8-3-2-6-13-8)14(11,12)10-4-5-10/h2-3,6H,4-5,7H2,1H3. The molecule has 78 valence electrons. The number of thiophene rings is 1. The molecule has 1 aliphatic heterocycles. The first-order valence-electron chi connectivity index (χ1n) is 4.34. The van der Waals surface area contributed by atoms with Crippen molar-refractivity contribution >= 4 is 21.5 Å². The van der Waals surface area contributed by atoms with Gasteiger partial charge in [0.1, 0.15) is 0 Å². The third kappa shape index (κ3) is 1.98. The molecule has 1 saturated heterocycles. The van der Waals surface area contributed by atoms with Crippen molar-refractivity contribution in [3.05, 3.63) is 22.4 Å². The molecule has 0 unspecified atom stereocenters. The van der Waals surface area contributed by atoms with Gasteiger partial charge in [0, 0.05) is 31.6 Å². The van der Waals surface area contributed by atoms with E-state index in [4.69, 9.17) is 0 Å². The summed E-state index contributed by atoms with van der Waals surface area (Å²) in [5, 5.41) is 1.95. The average molecular weight is 232 g/mol. The first kappa shape index (κ1) is 10.1. The summed E-state index contributed by atoms with van der Waals surface area (Å²) in [4.78, 5) is 1.07. The zero-order valence-corrected chi connectivity index (χ0v) is 9.51. The van der Waals surface area contributed by atoms with Crippen LogP contribution in [0, 0.1) is 0 Å². The Morgan fingerprint density at radius 2 is 2.29 bits per heavy atom. The molecule has 1 aromatic heterocycles. The number of hydrogen-bond donors (Lipinski definition) is 0. The first-order chi connectivity index (χ1) is 6.60. The van der Waals surface area contributed by atoms with Crippen molar-refractivity contribution in [2.24, 2.45) is 0 Å². The molecule has 2 heterocycles. The zero-order valence-electron chi connectivity index (χ0n) is 7.88. The lowest BCUT2D eigenvalue weighted by molar-refractivity contribution is 0.442. The van der Waals surface area contributed by atoms with E-state index in [9.17, 15) is 8.42 Å². The minimum atomic E-state index is -3.17. The monoisotopic (exact) mass is 232 g/mol. The Labute approximate surface area is 87.9 Å². The molecule has 6 heteroatoms. The fraction of sp³-hybridized carbons (Fsp3) is 0.500. The lowest BCUT2D eigenvalue weighted by Crippen LogP contribution is -2.31. The Morgan fingerprint density at radius 1 is 1.57 bits per heavy atom. The van der Waals surface area contributed by atoms with Crippen LogP contribution in [0.25, 0.3) is 0 Å². The van der Waals surface area contributed by atoms with Crippen molar-refractivity contribution in [3.8, 4) is 0 Å². The zero-order chi connectivity index (χ0) is 10.2. The highest BCUT2D eigenvalue weighted by Gasteiger charge is 2.35. The van der Waals surface area contributed by atoms with E-state index < -0.39 is 10.2 Å². The van der Waals surface area contributed by atoms with E-state index in [1.807, 2.05) is 17.5 Å². The van der Waals surface area contributed by atoms with Crippen LogP contribution in [0.2, 0.25) is 0 Å². The molecule has 4 nitrogen and oxygen atoms in total. The van der Waals surface area contributed by atoms with E-state index in [1.165, 1.54) is 8.61 Å². The highest BCUT2D eigenvalue weighted by atomic mass is 32.2. The maximum Gasteiger partial charge on any atom is 0.282 e. The van der Waals surface area contributed by atoms with Gasteiger partial charge in [-0.25, -0.2) is 0 Å². The van der Waals surface area contributed by atoms with Crippen molar-refractivity contribution in [2.75, 3.05) is 20.1 Å². The Bertz CT molecular complexity index is 395. The maximum absolute atomic E-state index is 11.7. The second-order valence-corrected chi connectivity index (χ2v) is 6.31. The van der Waals surface area contributed by atoms with Gasteiger partial charge in [-0.15, -0.1) is 11.3 Å². The Balaban J connectivity index is 2.05. The summed E-state index contributed by atoms with van der Waals surface area (Å²) in [6.45, 7) is 1.80. The van der Waals surface area contributed by atoms with E-state index in [-0.39, 0.29) is 0 Å². The topological polar surface area (TPSA) is 40.4 Å². The summed E-state index contributed by atoms with van der Waals surface area (Å²) in [5.41, 5.74) is 0. The van der Waals surface area contributed by atoms with E-state index in [0.717, 1.165) is 4.88 Å². The van der Waals surface area contributed by atoms with Gasteiger partial charge in [0.25, 0.3) is 10.2 Å². The van der Waals surface area contributed by atoms with Crippen LogP contribution in [-0.4, -0.2) is 37.2 Å². The molecule has 0 atom stereocenters. The molecular weight excluding hydrogens is 220 g/mol. The van der Waals surface area contributed by atoms with Gasteiger partial charge in [-0.3, -0.25) is 0 Å². The molecule has 1 fully saturated rings.